The molecule has 0 unspecified atom stereocenters. The molecular formula is C15H11NO2. The van der Waals surface area contributed by atoms with Crippen LogP contribution in [0.4, 0.5) is 0 Å². The SMILES string of the molecule is c1ccc2occc2c1.c1ccc2ocnc2c1. The molecule has 3 nitrogen and oxygen atoms in total. The molecule has 0 atom stereocenters. The molecule has 88 valence electrons. The molecule has 3 heteroatoms. The minimum atomic E-state index is 0.845. The molecule has 0 saturated heterocycles. The van der Waals surface area contributed by atoms with E-state index in [1.807, 2.05) is 54.6 Å². The van der Waals surface area contributed by atoms with Crippen LogP contribution in [-0.4, -0.2) is 4.98 Å². The molecule has 0 aliphatic carbocycles. The van der Waals surface area contributed by atoms with Crippen LogP contribution in [0.25, 0.3) is 22.1 Å². The first-order valence-electron chi connectivity index (χ1n) is 5.64. The highest BCUT2D eigenvalue weighted by Gasteiger charge is 1.91. The Kier molecular flexibility index (Phi) is 2.80. The molecule has 4 aromatic rings. The first kappa shape index (κ1) is 10.6. The summed E-state index contributed by atoms with van der Waals surface area (Å²) in [5.74, 6) is 0. The molecule has 0 aliphatic rings. The van der Waals surface area contributed by atoms with E-state index in [4.69, 9.17) is 8.83 Å². The first-order chi connectivity index (χ1) is 8.93. The van der Waals surface area contributed by atoms with Crippen LogP contribution in [-0.2, 0) is 0 Å². The fourth-order valence-electron chi connectivity index (χ4n) is 1.71. The molecule has 4 rings (SSSR count). The fraction of sp³-hybridized carbons (Fsp3) is 0. The standard InChI is InChI=1S/C8H6O.C7H5NO/c1-2-4-8-7(3-1)5-6-9-8;1-2-4-7-6(3-1)8-5-9-7/h1-6H;1-5H. The normalized spacial score (nSPS) is 10.2. The van der Waals surface area contributed by atoms with Gasteiger partial charge in [0.15, 0.2) is 12.0 Å². The van der Waals surface area contributed by atoms with Crippen LogP contribution in [0.1, 0.15) is 0 Å². The van der Waals surface area contributed by atoms with E-state index in [2.05, 4.69) is 4.98 Å². The van der Waals surface area contributed by atoms with E-state index in [-0.39, 0.29) is 0 Å². The molecule has 18 heavy (non-hydrogen) atoms. The van der Waals surface area contributed by atoms with Gasteiger partial charge < -0.3 is 8.83 Å². The Hall–Kier alpha value is -2.55. The number of furan rings is 1. The van der Waals surface area contributed by atoms with Crippen molar-refractivity contribution in [3.05, 3.63) is 67.3 Å². The van der Waals surface area contributed by atoms with Crippen molar-refractivity contribution in [2.45, 2.75) is 0 Å². The lowest BCUT2D eigenvalue weighted by atomic mass is 10.3. The van der Waals surface area contributed by atoms with Crippen molar-refractivity contribution in [2.24, 2.45) is 0 Å². The van der Waals surface area contributed by atoms with Crippen LogP contribution in [0.2, 0.25) is 0 Å². The monoisotopic (exact) mass is 237 g/mol. The summed E-state index contributed by atoms with van der Waals surface area (Å²) < 4.78 is 10.1. The second-order valence-electron chi connectivity index (χ2n) is 3.78. The molecule has 0 amide bonds. The number of hydrogen-bond acceptors (Lipinski definition) is 3. The fourth-order valence-corrected chi connectivity index (χ4v) is 1.71. The van der Waals surface area contributed by atoms with Gasteiger partial charge in [-0.05, 0) is 24.3 Å². The molecule has 0 radical (unpaired) electrons. The van der Waals surface area contributed by atoms with Gasteiger partial charge in [0.2, 0.25) is 0 Å². The van der Waals surface area contributed by atoms with E-state index >= 15 is 0 Å². The Morgan fingerprint density at radius 1 is 0.722 bits per heavy atom. The van der Waals surface area contributed by atoms with Crippen LogP contribution in [0.3, 0.4) is 0 Å². The van der Waals surface area contributed by atoms with Gasteiger partial charge in [-0.1, -0.05) is 30.3 Å². The Labute approximate surface area is 104 Å². The summed E-state index contributed by atoms with van der Waals surface area (Å²) in [4.78, 5) is 3.95. The van der Waals surface area contributed by atoms with Crippen molar-refractivity contribution in [3.63, 3.8) is 0 Å². The summed E-state index contributed by atoms with van der Waals surface area (Å²) in [6.45, 7) is 0. The lowest BCUT2D eigenvalue weighted by Crippen LogP contribution is -1.61. The minimum Gasteiger partial charge on any atom is -0.464 e. The summed E-state index contributed by atoms with van der Waals surface area (Å²) in [5.41, 5.74) is 2.72. The van der Waals surface area contributed by atoms with E-state index in [1.54, 1.807) is 6.26 Å². The average Bonchev–Trinajstić information content (AvgIpc) is 3.08. The summed E-state index contributed by atoms with van der Waals surface area (Å²) in [5, 5.41) is 1.16. The number of benzene rings is 2. The first-order valence-corrected chi connectivity index (χ1v) is 5.64. The van der Waals surface area contributed by atoms with Gasteiger partial charge in [0.1, 0.15) is 11.1 Å². The van der Waals surface area contributed by atoms with Crippen LogP contribution in [0, 0.1) is 0 Å². The van der Waals surface area contributed by atoms with Crippen LogP contribution < -0.4 is 0 Å². The molecule has 2 aromatic heterocycles. The highest BCUT2D eigenvalue weighted by molar-refractivity contribution is 5.76. The number of para-hydroxylation sites is 3. The van der Waals surface area contributed by atoms with Gasteiger partial charge in [-0.2, -0.15) is 0 Å². The van der Waals surface area contributed by atoms with Gasteiger partial charge in [0.05, 0.1) is 6.26 Å². The minimum absolute atomic E-state index is 0.845. The van der Waals surface area contributed by atoms with E-state index in [0.717, 1.165) is 22.1 Å². The molecule has 0 fully saturated rings. The van der Waals surface area contributed by atoms with E-state index in [1.165, 1.54) is 6.39 Å². The van der Waals surface area contributed by atoms with E-state index in [0.29, 0.717) is 0 Å². The Morgan fingerprint density at radius 2 is 1.50 bits per heavy atom. The van der Waals surface area contributed by atoms with E-state index < -0.39 is 0 Å². The molecule has 2 heterocycles. The number of oxazole rings is 1. The Balaban J connectivity index is 0.000000111. The smallest absolute Gasteiger partial charge is 0.181 e. The second-order valence-corrected chi connectivity index (χ2v) is 3.78. The maximum absolute atomic E-state index is 5.12. The maximum atomic E-state index is 5.12. The number of aromatic nitrogens is 1. The van der Waals surface area contributed by atoms with Crippen molar-refractivity contribution < 1.29 is 8.83 Å². The highest BCUT2D eigenvalue weighted by Crippen LogP contribution is 2.12. The van der Waals surface area contributed by atoms with Gasteiger partial charge in [-0.3, -0.25) is 0 Å². The Morgan fingerprint density at radius 3 is 2.33 bits per heavy atom. The zero-order valence-corrected chi connectivity index (χ0v) is 9.61. The molecule has 2 aromatic carbocycles. The van der Waals surface area contributed by atoms with Crippen LogP contribution in [0.5, 0.6) is 0 Å². The molecular weight excluding hydrogens is 226 g/mol. The average molecular weight is 237 g/mol. The summed E-state index contributed by atoms with van der Waals surface area (Å²) >= 11 is 0. The molecule has 0 aliphatic heterocycles. The quantitative estimate of drug-likeness (QED) is 0.458. The number of hydrogen-bond donors (Lipinski definition) is 0. The number of fused-ring (bicyclic) bond motifs is 2. The third-order valence-electron chi connectivity index (χ3n) is 2.60. The predicted octanol–water partition coefficient (Wildman–Crippen LogP) is 4.26. The van der Waals surface area contributed by atoms with Crippen LogP contribution in [0.15, 0.2) is 76.1 Å². The van der Waals surface area contributed by atoms with E-state index in [9.17, 15) is 0 Å². The summed E-state index contributed by atoms with van der Waals surface area (Å²) in [6, 6.07) is 17.6. The van der Waals surface area contributed by atoms with Crippen molar-refractivity contribution >= 4 is 22.1 Å². The number of nitrogens with zero attached hydrogens (tertiary/aromatic N) is 1. The molecule has 0 N–H and O–H groups in total. The molecule has 0 saturated carbocycles. The van der Waals surface area contributed by atoms with Gasteiger partial charge in [-0.25, -0.2) is 4.98 Å². The van der Waals surface area contributed by atoms with Crippen molar-refractivity contribution in [3.8, 4) is 0 Å². The zero-order chi connectivity index (χ0) is 12.2. The lowest BCUT2D eigenvalue weighted by molar-refractivity contribution is 0.602. The van der Waals surface area contributed by atoms with Gasteiger partial charge >= 0.3 is 0 Å². The van der Waals surface area contributed by atoms with Crippen molar-refractivity contribution in [1.82, 2.24) is 4.98 Å². The third-order valence-corrected chi connectivity index (χ3v) is 2.60. The molecule has 0 spiro atoms. The maximum Gasteiger partial charge on any atom is 0.181 e. The highest BCUT2D eigenvalue weighted by atomic mass is 16.3. The Bertz CT molecular complexity index is 628. The van der Waals surface area contributed by atoms with Crippen LogP contribution >= 0.6 is 0 Å². The summed E-state index contributed by atoms with van der Waals surface area (Å²) in [6.07, 6.45) is 3.15. The number of rotatable bonds is 0. The summed E-state index contributed by atoms with van der Waals surface area (Å²) in [7, 11) is 0. The molecule has 0 bridgehead atoms. The van der Waals surface area contributed by atoms with Crippen molar-refractivity contribution in [1.29, 1.82) is 0 Å². The van der Waals surface area contributed by atoms with Crippen molar-refractivity contribution in [2.75, 3.05) is 0 Å². The lowest BCUT2D eigenvalue weighted by Gasteiger charge is -1.81. The largest absolute Gasteiger partial charge is 0.464 e. The second kappa shape index (κ2) is 4.75. The predicted molar refractivity (Wildman–Crippen MR) is 70.2 cm³/mol. The topological polar surface area (TPSA) is 39.2 Å². The van der Waals surface area contributed by atoms with Gasteiger partial charge in [0, 0.05) is 5.39 Å². The van der Waals surface area contributed by atoms with Gasteiger partial charge in [0.25, 0.3) is 0 Å². The van der Waals surface area contributed by atoms with Gasteiger partial charge in [-0.15, -0.1) is 0 Å². The zero-order valence-electron chi connectivity index (χ0n) is 9.61. The third kappa shape index (κ3) is 2.11.